The number of fused-ring (bicyclic) bond motifs is 1. The monoisotopic (exact) mass is 712 g/mol. The summed E-state index contributed by atoms with van der Waals surface area (Å²) < 4.78 is 30.6. The summed E-state index contributed by atoms with van der Waals surface area (Å²) in [5.41, 5.74) is -0.739. The highest BCUT2D eigenvalue weighted by molar-refractivity contribution is 6.38. The van der Waals surface area contributed by atoms with Gasteiger partial charge < -0.3 is 10.2 Å². The Morgan fingerprint density at radius 3 is 2.29 bits per heavy atom. The minimum Gasteiger partial charge on any atom is -0.344 e. The molecule has 1 aromatic heterocycles. The van der Waals surface area contributed by atoms with Crippen LogP contribution in [0.25, 0.3) is 0 Å². The molecule has 1 N–H and O–H groups in total. The van der Waals surface area contributed by atoms with Crippen molar-refractivity contribution in [1.82, 2.24) is 20.2 Å². The third kappa shape index (κ3) is 9.14. The van der Waals surface area contributed by atoms with E-state index in [2.05, 4.69) is 15.3 Å². The molecule has 1 aromatic rings. The number of alkyl halides is 2. The number of rotatable bonds is 16. The topological polar surface area (TPSA) is 143 Å². The van der Waals surface area contributed by atoms with E-state index in [0.717, 1.165) is 44.9 Å². The maximum atomic E-state index is 15.3. The summed E-state index contributed by atoms with van der Waals surface area (Å²) in [5, 5.41) is 2.94. The highest BCUT2D eigenvalue weighted by Crippen LogP contribution is 2.52. The van der Waals surface area contributed by atoms with Crippen LogP contribution in [0.5, 0.6) is 0 Å². The summed E-state index contributed by atoms with van der Waals surface area (Å²) >= 11 is 0. The van der Waals surface area contributed by atoms with Crippen LogP contribution in [0, 0.1) is 40.9 Å². The number of nitrogens with zero attached hydrogens (tertiary/aromatic N) is 3. The van der Waals surface area contributed by atoms with E-state index in [1.165, 1.54) is 23.5 Å². The number of halogens is 2. The van der Waals surface area contributed by atoms with Gasteiger partial charge in [0.05, 0.1) is 12.2 Å². The smallest absolute Gasteiger partial charge is 0.253 e. The van der Waals surface area contributed by atoms with Crippen molar-refractivity contribution in [3.8, 4) is 0 Å². The first-order valence-electron chi connectivity index (χ1n) is 19.0. The molecule has 1 saturated heterocycles. The second-order valence-electron chi connectivity index (χ2n) is 16.6. The normalized spacial score (nSPS) is 25.1. The fourth-order valence-corrected chi connectivity index (χ4v) is 8.67. The number of hydrogen-bond donors (Lipinski definition) is 1. The van der Waals surface area contributed by atoms with Crippen molar-refractivity contribution in [1.29, 1.82) is 0 Å². The van der Waals surface area contributed by atoms with Crippen LogP contribution in [0.4, 0.5) is 8.78 Å². The lowest BCUT2D eigenvalue weighted by Gasteiger charge is -2.38. The molecule has 2 unspecified atom stereocenters. The SMILES string of the molecule is CCC[C@@H](CC(=O)[C@@H]1C2CCC(F)(F)C2CN1C(=O)[C@@H](NC(=O)[C@H](CC(=O)c1cnccn1)C1CCCCC1)C(C)(C)C)C(=O)C(=O)CC1CC1. The molecule has 0 spiro atoms. The Hall–Kier alpha value is -3.44. The second kappa shape index (κ2) is 16.1. The van der Waals surface area contributed by atoms with E-state index < -0.39 is 82.7 Å². The van der Waals surface area contributed by atoms with Crippen LogP contribution >= 0.6 is 0 Å². The Labute approximate surface area is 299 Å². The quantitative estimate of drug-likeness (QED) is 0.163. The molecular formula is C39H54F2N4O6. The maximum Gasteiger partial charge on any atom is 0.253 e. The number of carbonyl (C=O) groups is 6. The molecule has 4 aliphatic rings. The predicted molar refractivity (Wildman–Crippen MR) is 184 cm³/mol. The van der Waals surface area contributed by atoms with Gasteiger partial charge in [-0.1, -0.05) is 53.4 Å². The first kappa shape index (κ1) is 38.8. The van der Waals surface area contributed by atoms with Crippen molar-refractivity contribution in [2.24, 2.45) is 40.9 Å². The summed E-state index contributed by atoms with van der Waals surface area (Å²) in [7, 11) is 0. The Balaban J connectivity index is 1.39. The Kier molecular flexibility index (Phi) is 12.2. The molecule has 1 aliphatic heterocycles. The molecule has 0 radical (unpaired) electrons. The lowest BCUT2D eigenvalue weighted by Crippen LogP contribution is -2.58. The molecule has 2 amide bonds. The van der Waals surface area contributed by atoms with Gasteiger partial charge >= 0.3 is 0 Å². The van der Waals surface area contributed by atoms with E-state index >= 15 is 8.78 Å². The summed E-state index contributed by atoms with van der Waals surface area (Å²) in [5.74, 6) is -9.62. The molecule has 2 heterocycles. The van der Waals surface area contributed by atoms with E-state index in [9.17, 15) is 28.8 Å². The van der Waals surface area contributed by atoms with Crippen LogP contribution in [-0.4, -0.2) is 74.4 Å². The van der Waals surface area contributed by atoms with Crippen molar-refractivity contribution < 1.29 is 37.5 Å². The van der Waals surface area contributed by atoms with E-state index in [4.69, 9.17) is 0 Å². The van der Waals surface area contributed by atoms with Crippen molar-refractivity contribution in [3.63, 3.8) is 0 Å². The number of Topliss-reactive ketones (excluding diaryl/α,β-unsaturated/α-hetero) is 4. The summed E-state index contributed by atoms with van der Waals surface area (Å²) in [6.45, 7) is 6.80. The molecule has 3 aliphatic carbocycles. The molecule has 5 rings (SSSR count). The summed E-state index contributed by atoms with van der Waals surface area (Å²) in [6, 6.07) is -2.38. The molecule has 4 fully saturated rings. The molecule has 0 bridgehead atoms. The molecule has 280 valence electrons. The first-order valence-corrected chi connectivity index (χ1v) is 19.0. The van der Waals surface area contributed by atoms with Crippen LogP contribution in [0.1, 0.15) is 128 Å². The van der Waals surface area contributed by atoms with Gasteiger partial charge in [0.15, 0.2) is 17.3 Å². The number of hydrogen-bond acceptors (Lipinski definition) is 8. The molecule has 3 saturated carbocycles. The van der Waals surface area contributed by atoms with Gasteiger partial charge in [-0.3, -0.25) is 33.8 Å². The van der Waals surface area contributed by atoms with Crippen LogP contribution < -0.4 is 5.32 Å². The number of ketones is 4. The maximum absolute atomic E-state index is 15.3. The fourth-order valence-electron chi connectivity index (χ4n) is 8.67. The molecule has 10 nitrogen and oxygen atoms in total. The fraction of sp³-hybridized carbons (Fsp3) is 0.744. The zero-order chi connectivity index (χ0) is 37.1. The number of nitrogens with one attached hydrogen (secondary N) is 1. The van der Waals surface area contributed by atoms with Gasteiger partial charge in [-0.2, -0.15) is 0 Å². The summed E-state index contributed by atoms with van der Waals surface area (Å²) in [4.78, 5) is 91.6. The molecule has 12 heteroatoms. The van der Waals surface area contributed by atoms with Crippen molar-refractivity contribution >= 4 is 34.9 Å². The Morgan fingerprint density at radius 1 is 0.980 bits per heavy atom. The van der Waals surface area contributed by atoms with Gasteiger partial charge in [-0.05, 0) is 61.7 Å². The third-order valence-corrected chi connectivity index (χ3v) is 11.7. The second-order valence-corrected chi connectivity index (χ2v) is 16.6. The largest absolute Gasteiger partial charge is 0.344 e. The molecular weight excluding hydrogens is 658 g/mol. The van der Waals surface area contributed by atoms with Gasteiger partial charge in [0.1, 0.15) is 11.7 Å². The number of carbonyl (C=O) groups excluding carboxylic acids is 6. The zero-order valence-corrected chi connectivity index (χ0v) is 30.5. The third-order valence-electron chi connectivity index (χ3n) is 11.7. The minimum atomic E-state index is -3.08. The van der Waals surface area contributed by atoms with Crippen LogP contribution in [0.2, 0.25) is 0 Å². The van der Waals surface area contributed by atoms with Crippen LogP contribution in [0.3, 0.4) is 0 Å². The van der Waals surface area contributed by atoms with Gasteiger partial charge in [0.2, 0.25) is 17.6 Å². The Morgan fingerprint density at radius 2 is 1.69 bits per heavy atom. The van der Waals surface area contributed by atoms with Crippen molar-refractivity contribution in [2.45, 2.75) is 136 Å². The number of likely N-dealkylation sites (tertiary alicyclic amines) is 1. The van der Waals surface area contributed by atoms with Crippen LogP contribution in [-0.2, 0) is 24.0 Å². The highest BCUT2D eigenvalue weighted by Gasteiger charge is 2.61. The molecule has 0 aromatic carbocycles. The summed E-state index contributed by atoms with van der Waals surface area (Å²) in [6.07, 6.45) is 10.7. The molecule has 6 atom stereocenters. The van der Waals surface area contributed by atoms with Gasteiger partial charge in [-0.25, -0.2) is 13.8 Å². The lowest BCUT2D eigenvalue weighted by molar-refractivity contribution is -0.146. The van der Waals surface area contributed by atoms with Gasteiger partial charge in [-0.15, -0.1) is 0 Å². The molecule has 51 heavy (non-hydrogen) atoms. The number of aromatic nitrogens is 2. The van der Waals surface area contributed by atoms with E-state index in [1.54, 1.807) is 20.8 Å². The van der Waals surface area contributed by atoms with Gasteiger partial charge in [0.25, 0.3) is 5.92 Å². The standard InChI is InChI=1S/C39H54F2N4O6/c1-5-9-25(34(49)32(48)18-23-12-13-23)19-31(47)33-26-14-15-39(40,41)28(26)22-45(33)37(51)35(38(2,3)4)44-36(50)27(24-10-7-6-8-11-24)20-30(46)29-21-42-16-17-43-29/h16-17,21,23-28,33,35H,5-15,18-20,22H2,1-4H3,(H,44,50)/t25-,26?,27+,28?,33-,35+/m0/s1. The lowest BCUT2D eigenvalue weighted by atomic mass is 9.76. The van der Waals surface area contributed by atoms with E-state index in [-0.39, 0.29) is 55.5 Å². The first-order chi connectivity index (χ1) is 24.1. The van der Waals surface area contributed by atoms with Crippen molar-refractivity contribution in [3.05, 3.63) is 24.3 Å². The van der Waals surface area contributed by atoms with E-state index in [0.29, 0.717) is 12.8 Å². The minimum absolute atomic E-state index is 0.0473. The van der Waals surface area contributed by atoms with Crippen LogP contribution in [0.15, 0.2) is 18.6 Å². The highest BCUT2D eigenvalue weighted by atomic mass is 19.3. The predicted octanol–water partition coefficient (Wildman–Crippen LogP) is 5.96. The van der Waals surface area contributed by atoms with E-state index in [1.807, 2.05) is 6.92 Å². The zero-order valence-electron chi connectivity index (χ0n) is 30.5. The van der Waals surface area contributed by atoms with Crippen molar-refractivity contribution in [2.75, 3.05) is 6.54 Å². The Bertz CT molecular complexity index is 1470. The average molecular weight is 713 g/mol. The number of amides is 2. The average Bonchev–Trinajstić information content (AvgIpc) is 3.74. The van der Waals surface area contributed by atoms with Gasteiger partial charge in [0, 0.05) is 62.4 Å².